The first-order chi connectivity index (χ1) is 25.0. The van der Waals surface area contributed by atoms with E-state index in [1.54, 1.807) is 18.2 Å². The second-order valence-electron chi connectivity index (χ2n) is 14.9. The number of nitrogens with zero attached hydrogens (tertiary/aromatic N) is 3. The molecule has 13 heteroatoms. The molecule has 6 amide bonds. The lowest BCUT2D eigenvalue weighted by Gasteiger charge is -2.47. The maximum atomic E-state index is 14.1. The average molecular weight is 705 g/mol. The zero-order valence-corrected chi connectivity index (χ0v) is 28.7. The average Bonchev–Trinajstić information content (AvgIpc) is 3.84. The number of likely N-dealkylation sites (tertiary alicyclic amines) is 1. The van der Waals surface area contributed by atoms with Crippen molar-refractivity contribution in [3.63, 3.8) is 0 Å². The van der Waals surface area contributed by atoms with Crippen LogP contribution in [-0.4, -0.2) is 82.4 Å². The van der Waals surface area contributed by atoms with Crippen LogP contribution < -0.4 is 15.5 Å². The maximum Gasteiger partial charge on any atom is 0.262 e. The Hall–Kier alpha value is -5.59. The molecule has 0 saturated carbocycles. The van der Waals surface area contributed by atoms with E-state index < -0.39 is 35.5 Å². The van der Waals surface area contributed by atoms with Gasteiger partial charge in [0.15, 0.2) is 0 Å². The van der Waals surface area contributed by atoms with Crippen LogP contribution in [0.2, 0.25) is 0 Å². The van der Waals surface area contributed by atoms with E-state index in [0.717, 1.165) is 71.9 Å². The number of amides is 6. The first kappa shape index (κ1) is 32.3. The third-order valence-electron chi connectivity index (χ3n) is 12.2. The highest BCUT2D eigenvalue weighted by Crippen LogP contribution is 2.46. The summed E-state index contributed by atoms with van der Waals surface area (Å²) in [5, 5.41) is 5.07. The van der Waals surface area contributed by atoms with Gasteiger partial charge in [-0.2, -0.15) is 0 Å². The van der Waals surface area contributed by atoms with E-state index in [1.807, 2.05) is 17.9 Å². The van der Waals surface area contributed by atoms with Crippen molar-refractivity contribution in [1.29, 1.82) is 0 Å². The number of benzene rings is 2. The number of allylic oxidation sites excluding steroid dienone is 1. The molecule has 3 aromatic rings. The number of hydrogen-bond acceptors (Lipinski definition) is 7. The summed E-state index contributed by atoms with van der Waals surface area (Å²) < 4.78 is 14.1. The predicted molar refractivity (Wildman–Crippen MR) is 188 cm³/mol. The van der Waals surface area contributed by atoms with Crippen molar-refractivity contribution in [2.45, 2.75) is 64.3 Å². The number of imide groups is 2. The standard InChI is InChI=1S/C39H37FN6O6/c1-20-31(24-5-6-25(33(24)41-20)32-27-18-21(40)2-7-28(27)42-35(32)49)38(52)45-16-12-39(13-17-45)10-14-44(15-11-39)22-3-4-23-26(19-22)37(51)46(36(23)50)29-8-9-30(47)43-34(29)48/h2-4,7,18-19,29,41H,5-6,8-17H2,1H3,(H,42,49)(H,43,47,48)/b32-25-. The lowest BCUT2D eigenvalue weighted by atomic mass is 9.71. The van der Waals surface area contributed by atoms with Gasteiger partial charge < -0.3 is 20.1 Å². The topological polar surface area (TPSA) is 152 Å². The van der Waals surface area contributed by atoms with Gasteiger partial charge in [-0.3, -0.25) is 39.0 Å². The van der Waals surface area contributed by atoms with Gasteiger partial charge in [-0.05, 0) is 105 Å². The first-order valence-corrected chi connectivity index (χ1v) is 18.0. The molecule has 6 aliphatic rings. The summed E-state index contributed by atoms with van der Waals surface area (Å²) in [5.74, 6) is -2.72. The molecular formula is C39H37FN6O6. The highest BCUT2D eigenvalue weighted by atomic mass is 19.1. The van der Waals surface area contributed by atoms with Crippen LogP contribution in [0, 0.1) is 18.2 Å². The summed E-state index contributed by atoms with van der Waals surface area (Å²) in [5.41, 5.74) is 7.09. The molecule has 6 heterocycles. The number of aromatic nitrogens is 1. The maximum absolute atomic E-state index is 14.1. The normalized spacial score (nSPS) is 23.6. The minimum absolute atomic E-state index is 0.000407. The zero-order chi connectivity index (χ0) is 36.1. The largest absolute Gasteiger partial charge is 0.371 e. The lowest BCUT2D eigenvalue weighted by Crippen LogP contribution is -2.54. The Morgan fingerprint density at radius 3 is 2.31 bits per heavy atom. The third kappa shape index (κ3) is 4.92. The summed E-state index contributed by atoms with van der Waals surface area (Å²) in [6.07, 6.45) is 5.04. The van der Waals surface area contributed by atoms with Crippen molar-refractivity contribution < 1.29 is 33.2 Å². The summed E-state index contributed by atoms with van der Waals surface area (Å²) in [4.78, 5) is 86.2. The summed E-state index contributed by atoms with van der Waals surface area (Å²) in [6.45, 7) is 4.73. The monoisotopic (exact) mass is 704 g/mol. The second-order valence-corrected chi connectivity index (χ2v) is 14.9. The SMILES string of the molecule is Cc1[nH]c2c(c1C(=O)N1CCC3(CC1)CCN(c1ccc4c(c1)C(=O)N(C1CCC(=O)NC1=O)C4=O)CC3)CC/C2=C1/C(=O)Nc2ccc(F)cc21. The number of aryl methyl sites for hydroxylation is 1. The molecule has 5 aliphatic heterocycles. The number of halogens is 1. The Bertz CT molecular complexity index is 2190. The first-order valence-electron chi connectivity index (χ1n) is 18.0. The minimum atomic E-state index is -0.997. The fourth-order valence-corrected chi connectivity index (χ4v) is 9.28. The fraction of sp³-hybridized carbons (Fsp3) is 0.385. The smallest absolute Gasteiger partial charge is 0.262 e. The molecule has 1 atom stereocenters. The minimum Gasteiger partial charge on any atom is -0.371 e. The molecule has 1 spiro atoms. The van der Waals surface area contributed by atoms with E-state index in [2.05, 4.69) is 20.5 Å². The number of aromatic amines is 1. The Morgan fingerprint density at radius 2 is 1.56 bits per heavy atom. The van der Waals surface area contributed by atoms with Crippen molar-refractivity contribution in [3.8, 4) is 0 Å². The van der Waals surface area contributed by atoms with E-state index in [0.29, 0.717) is 48.3 Å². The fourth-order valence-electron chi connectivity index (χ4n) is 9.28. The van der Waals surface area contributed by atoms with Crippen LogP contribution in [0.3, 0.4) is 0 Å². The molecule has 3 saturated heterocycles. The number of nitrogens with one attached hydrogen (secondary N) is 3. The molecule has 1 aliphatic carbocycles. The van der Waals surface area contributed by atoms with Crippen molar-refractivity contribution in [2.24, 2.45) is 5.41 Å². The van der Waals surface area contributed by atoms with Crippen molar-refractivity contribution in [3.05, 3.63) is 81.4 Å². The van der Waals surface area contributed by atoms with Crippen LogP contribution in [0.5, 0.6) is 0 Å². The molecule has 1 unspecified atom stereocenters. The van der Waals surface area contributed by atoms with E-state index >= 15 is 0 Å². The number of piperidine rings is 3. The Morgan fingerprint density at radius 1 is 0.827 bits per heavy atom. The quantitative estimate of drug-likeness (QED) is 0.273. The van der Waals surface area contributed by atoms with Crippen molar-refractivity contribution in [2.75, 3.05) is 36.4 Å². The predicted octanol–water partition coefficient (Wildman–Crippen LogP) is 4.20. The molecule has 2 aromatic carbocycles. The number of carbonyl (C=O) groups is 6. The second kappa shape index (κ2) is 11.7. The lowest BCUT2D eigenvalue weighted by molar-refractivity contribution is -0.136. The van der Waals surface area contributed by atoms with E-state index in [4.69, 9.17) is 0 Å². The van der Waals surface area contributed by atoms with Gasteiger partial charge in [0.2, 0.25) is 11.8 Å². The molecule has 266 valence electrons. The van der Waals surface area contributed by atoms with Crippen molar-refractivity contribution >= 4 is 58.0 Å². The molecule has 12 nitrogen and oxygen atoms in total. The molecule has 0 bridgehead atoms. The van der Waals surface area contributed by atoms with E-state index in [9.17, 15) is 33.2 Å². The van der Waals surface area contributed by atoms with Crippen LogP contribution >= 0.6 is 0 Å². The van der Waals surface area contributed by atoms with Gasteiger partial charge in [0.05, 0.1) is 22.3 Å². The Kier molecular flexibility index (Phi) is 7.29. The summed E-state index contributed by atoms with van der Waals surface area (Å²) in [7, 11) is 0. The Labute approximate surface area is 298 Å². The summed E-state index contributed by atoms with van der Waals surface area (Å²) >= 11 is 0. The van der Waals surface area contributed by atoms with Gasteiger partial charge in [-0.15, -0.1) is 0 Å². The van der Waals surface area contributed by atoms with Crippen LogP contribution in [0.1, 0.15) is 98.5 Å². The number of anilines is 2. The van der Waals surface area contributed by atoms with Gasteiger partial charge in [-0.25, -0.2) is 4.39 Å². The molecule has 3 fully saturated rings. The van der Waals surface area contributed by atoms with Crippen LogP contribution in [-0.2, 0) is 20.8 Å². The van der Waals surface area contributed by atoms with Gasteiger partial charge in [0.25, 0.3) is 23.6 Å². The number of carbonyl (C=O) groups excluding carboxylic acids is 6. The highest BCUT2D eigenvalue weighted by molar-refractivity contribution is 6.37. The highest BCUT2D eigenvalue weighted by Gasteiger charge is 2.46. The molecule has 0 radical (unpaired) electrons. The Balaban J connectivity index is 0.859. The van der Waals surface area contributed by atoms with Crippen LogP contribution in [0.4, 0.5) is 15.8 Å². The number of H-pyrrole nitrogens is 1. The van der Waals surface area contributed by atoms with Gasteiger partial charge in [0.1, 0.15) is 11.9 Å². The van der Waals surface area contributed by atoms with Crippen LogP contribution in [0.25, 0.3) is 11.1 Å². The number of hydrogen-bond donors (Lipinski definition) is 3. The van der Waals surface area contributed by atoms with Gasteiger partial charge in [-0.1, -0.05) is 0 Å². The third-order valence-corrected chi connectivity index (χ3v) is 12.2. The molecule has 3 N–H and O–H groups in total. The number of fused-ring (bicyclic) bond motifs is 3. The zero-order valence-electron chi connectivity index (χ0n) is 28.7. The van der Waals surface area contributed by atoms with E-state index in [-0.39, 0.29) is 41.2 Å². The molecular weight excluding hydrogens is 667 g/mol. The molecule has 1 aromatic heterocycles. The summed E-state index contributed by atoms with van der Waals surface area (Å²) in [6, 6.07) is 8.55. The van der Waals surface area contributed by atoms with E-state index in [1.165, 1.54) is 12.1 Å². The van der Waals surface area contributed by atoms with Gasteiger partial charge >= 0.3 is 0 Å². The van der Waals surface area contributed by atoms with Crippen molar-refractivity contribution in [1.82, 2.24) is 20.1 Å². The molecule has 52 heavy (non-hydrogen) atoms. The number of rotatable bonds is 3. The van der Waals surface area contributed by atoms with Crippen LogP contribution in [0.15, 0.2) is 36.4 Å². The molecule has 9 rings (SSSR count). The van der Waals surface area contributed by atoms with Gasteiger partial charge in [0, 0.05) is 60.9 Å².